The summed E-state index contributed by atoms with van der Waals surface area (Å²) in [7, 11) is 0. The maximum atomic E-state index is 12.4. The van der Waals surface area contributed by atoms with Crippen molar-refractivity contribution < 1.29 is 4.79 Å². The van der Waals surface area contributed by atoms with E-state index >= 15 is 0 Å². The highest BCUT2D eigenvalue weighted by Crippen LogP contribution is 2.24. The van der Waals surface area contributed by atoms with Crippen LogP contribution in [0.1, 0.15) is 37.7 Å². The van der Waals surface area contributed by atoms with E-state index in [-0.39, 0.29) is 5.91 Å². The summed E-state index contributed by atoms with van der Waals surface area (Å²) in [6.45, 7) is 2.96. The van der Waals surface area contributed by atoms with Gasteiger partial charge in [-0.15, -0.1) is 0 Å². The predicted molar refractivity (Wildman–Crippen MR) is 90.4 cm³/mol. The molecule has 2 atom stereocenters. The molecule has 0 radical (unpaired) electrons. The Morgan fingerprint density at radius 1 is 1.14 bits per heavy atom. The van der Waals surface area contributed by atoms with Crippen molar-refractivity contribution in [1.82, 2.24) is 10.2 Å². The lowest BCUT2D eigenvalue weighted by Gasteiger charge is -2.38. The number of amides is 1. The maximum Gasteiger partial charge on any atom is 0.246 e. The van der Waals surface area contributed by atoms with Crippen LogP contribution in [0.5, 0.6) is 0 Å². The van der Waals surface area contributed by atoms with E-state index in [2.05, 4.69) is 5.32 Å². The summed E-state index contributed by atoms with van der Waals surface area (Å²) < 4.78 is 0. The van der Waals surface area contributed by atoms with Crippen molar-refractivity contribution in [2.75, 3.05) is 19.6 Å². The number of nitrogens with zero attached hydrogens (tertiary/aromatic N) is 1. The van der Waals surface area contributed by atoms with Crippen LogP contribution >= 0.6 is 0 Å². The van der Waals surface area contributed by atoms with Gasteiger partial charge in [0.15, 0.2) is 0 Å². The smallest absolute Gasteiger partial charge is 0.246 e. The van der Waals surface area contributed by atoms with E-state index in [0.29, 0.717) is 12.0 Å². The van der Waals surface area contributed by atoms with Gasteiger partial charge in [-0.3, -0.25) is 4.79 Å². The molecule has 0 bridgehead atoms. The zero-order chi connectivity index (χ0) is 15.2. The van der Waals surface area contributed by atoms with Gasteiger partial charge in [-0.1, -0.05) is 36.8 Å². The fraction of sp³-hybridized carbons (Fsp3) is 0.526. The molecule has 1 aromatic rings. The van der Waals surface area contributed by atoms with Gasteiger partial charge < -0.3 is 10.2 Å². The molecular weight excluding hydrogens is 272 g/mol. The summed E-state index contributed by atoms with van der Waals surface area (Å²) in [5, 5.41) is 3.65. The minimum absolute atomic E-state index is 0.157. The first-order chi connectivity index (χ1) is 10.8. The van der Waals surface area contributed by atoms with Gasteiger partial charge in [0.2, 0.25) is 5.91 Å². The van der Waals surface area contributed by atoms with Crippen LogP contribution in [0.4, 0.5) is 0 Å². The average Bonchev–Trinajstić information content (AvgIpc) is 2.61. The van der Waals surface area contributed by atoms with Crippen molar-refractivity contribution in [1.29, 1.82) is 0 Å². The first-order valence-corrected chi connectivity index (χ1v) is 8.58. The summed E-state index contributed by atoms with van der Waals surface area (Å²) in [5.41, 5.74) is 1.08. The monoisotopic (exact) mass is 298 g/mol. The summed E-state index contributed by atoms with van der Waals surface area (Å²) in [6.07, 6.45) is 9.93. The molecule has 0 aliphatic carbocycles. The van der Waals surface area contributed by atoms with Crippen LogP contribution in [0.15, 0.2) is 36.4 Å². The predicted octanol–water partition coefficient (Wildman–Crippen LogP) is 3.08. The molecule has 22 heavy (non-hydrogen) atoms. The SMILES string of the molecule is O=C(/C=C/c1ccccc1)N1CCC[C@H]([C@H]2CCCCN2)C1. The summed E-state index contributed by atoms with van der Waals surface area (Å²) >= 11 is 0. The number of carbonyl (C=O) groups is 1. The van der Waals surface area contributed by atoms with Gasteiger partial charge in [0.1, 0.15) is 0 Å². The Labute approximate surface area is 133 Å². The number of carbonyl (C=O) groups excluding carboxylic acids is 1. The van der Waals surface area contributed by atoms with Crippen LogP contribution < -0.4 is 5.32 Å². The molecule has 0 aromatic heterocycles. The molecule has 0 spiro atoms. The third-order valence-electron chi connectivity index (χ3n) is 4.90. The second kappa shape index (κ2) is 7.59. The molecule has 118 valence electrons. The molecule has 2 aliphatic rings. The highest BCUT2D eigenvalue weighted by atomic mass is 16.2. The van der Waals surface area contributed by atoms with Gasteiger partial charge in [-0.05, 0) is 49.8 Å². The zero-order valence-electron chi connectivity index (χ0n) is 13.2. The molecule has 0 unspecified atom stereocenters. The highest BCUT2D eigenvalue weighted by Gasteiger charge is 2.29. The lowest BCUT2D eigenvalue weighted by molar-refractivity contribution is -0.128. The maximum absolute atomic E-state index is 12.4. The minimum atomic E-state index is 0.157. The molecule has 2 saturated heterocycles. The first-order valence-electron chi connectivity index (χ1n) is 8.58. The summed E-state index contributed by atoms with van der Waals surface area (Å²) in [4.78, 5) is 14.5. The number of rotatable bonds is 3. The second-order valence-corrected chi connectivity index (χ2v) is 6.49. The van der Waals surface area contributed by atoms with E-state index in [9.17, 15) is 4.79 Å². The largest absolute Gasteiger partial charge is 0.339 e. The molecule has 3 rings (SSSR count). The van der Waals surface area contributed by atoms with E-state index in [0.717, 1.165) is 31.6 Å². The number of likely N-dealkylation sites (tertiary alicyclic amines) is 1. The number of piperidine rings is 2. The fourth-order valence-corrected chi connectivity index (χ4v) is 3.66. The van der Waals surface area contributed by atoms with Gasteiger partial charge in [0.05, 0.1) is 0 Å². The van der Waals surface area contributed by atoms with Crippen LogP contribution in [-0.2, 0) is 4.79 Å². The van der Waals surface area contributed by atoms with E-state index in [1.165, 1.54) is 25.7 Å². The topological polar surface area (TPSA) is 32.3 Å². The van der Waals surface area contributed by atoms with Gasteiger partial charge in [0, 0.05) is 25.2 Å². The molecule has 2 aliphatic heterocycles. The van der Waals surface area contributed by atoms with Crippen molar-refractivity contribution in [2.24, 2.45) is 5.92 Å². The van der Waals surface area contributed by atoms with Crippen molar-refractivity contribution in [3.8, 4) is 0 Å². The van der Waals surface area contributed by atoms with E-state index in [1.807, 2.05) is 41.3 Å². The van der Waals surface area contributed by atoms with Crippen LogP contribution in [0.2, 0.25) is 0 Å². The number of hydrogen-bond acceptors (Lipinski definition) is 2. The van der Waals surface area contributed by atoms with Gasteiger partial charge in [-0.2, -0.15) is 0 Å². The average molecular weight is 298 g/mol. The van der Waals surface area contributed by atoms with Crippen LogP contribution in [0.3, 0.4) is 0 Å². The summed E-state index contributed by atoms with van der Waals surface area (Å²) in [6, 6.07) is 10.6. The Morgan fingerprint density at radius 3 is 2.77 bits per heavy atom. The molecular formula is C19H26N2O. The molecule has 1 N–H and O–H groups in total. The molecule has 2 fully saturated rings. The molecule has 1 aromatic carbocycles. The lowest BCUT2D eigenvalue weighted by atomic mass is 9.86. The number of benzene rings is 1. The molecule has 3 nitrogen and oxygen atoms in total. The second-order valence-electron chi connectivity index (χ2n) is 6.49. The first kappa shape index (κ1) is 15.3. The normalized spacial score (nSPS) is 26.3. The Balaban J connectivity index is 1.57. The summed E-state index contributed by atoms with van der Waals surface area (Å²) in [5.74, 6) is 0.785. The van der Waals surface area contributed by atoms with E-state index < -0.39 is 0 Å². The van der Waals surface area contributed by atoms with Gasteiger partial charge in [0.25, 0.3) is 0 Å². The molecule has 2 heterocycles. The molecule has 0 saturated carbocycles. The van der Waals surface area contributed by atoms with E-state index in [4.69, 9.17) is 0 Å². The Morgan fingerprint density at radius 2 is 2.00 bits per heavy atom. The lowest BCUT2D eigenvalue weighted by Crippen LogP contribution is -2.48. The zero-order valence-corrected chi connectivity index (χ0v) is 13.2. The third kappa shape index (κ3) is 3.98. The Hall–Kier alpha value is -1.61. The molecule has 1 amide bonds. The number of nitrogens with one attached hydrogen (secondary N) is 1. The van der Waals surface area contributed by atoms with Gasteiger partial charge in [-0.25, -0.2) is 0 Å². The number of hydrogen-bond donors (Lipinski definition) is 1. The Kier molecular flexibility index (Phi) is 5.28. The standard InChI is InChI=1S/C19H26N2O/c22-19(12-11-16-7-2-1-3-8-16)21-14-6-9-17(15-21)18-10-4-5-13-20-18/h1-3,7-8,11-12,17-18,20H,4-6,9-10,13-15H2/b12-11+/t17-,18+/m0/s1. The van der Waals surface area contributed by atoms with E-state index in [1.54, 1.807) is 6.08 Å². The Bertz CT molecular complexity index is 505. The van der Waals surface area contributed by atoms with Crippen LogP contribution in [-0.4, -0.2) is 36.5 Å². The fourth-order valence-electron chi connectivity index (χ4n) is 3.66. The minimum Gasteiger partial charge on any atom is -0.339 e. The third-order valence-corrected chi connectivity index (χ3v) is 4.90. The van der Waals surface area contributed by atoms with Crippen LogP contribution in [0, 0.1) is 5.92 Å². The quantitative estimate of drug-likeness (QED) is 0.870. The van der Waals surface area contributed by atoms with Crippen LogP contribution in [0.25, 0.3) is 6.08 Å². The van der Waals surface area contributed by atoms with Crippen molar-refractivity contribution in [3.63, 3.8) is 0 Å². The highest BCUT2D eigenvalue weighted by molar-refractivity contribution is 5.91. The van der Waals surface area contributed by atoms with Crippen molar-refractivity contribution >= 4 is 12.0 Å². The van der Waals surface area contributed by atoms with Crippen molar-refractivity contribution in [2.45, 2.75) is 38.1 Å². The molecule has 3 heteroatoms. The van der Waals surface area contributed by atoms with Crippen molar-refractivity contribution in [3.05, 3.63) is 42.0 Å². The van der Waals surface area contributed by atoms with Gasteiger partial charge >= 0.3 is 0 Å².